The van der Waals surface area contributed by atoms with Crippen LogP contribution >= 0.6 is 0 Å². The van der Waals surface area contributed by atoms with Crippen molar-refractivity contribution >= 4 is 5.78 Å². The molecular weight excluding hydrogens is 324 g/mol. The van der Waals surface area contributed by atoms with E-state index in [2.05, 4.69) is 0 Å². The van der Waals surface area contributed by atoms with Crippen molar-refractivity contribution in [1.82, 2.24) is 0 Å². The normalized spacial score (nSPS) is 11.6. The van der Waals surface area contributed by atoms with Crippen LogP contribution in [0.25, 0.3) is 0 Å². The zero-order valence-electron chi connectivity index (χ0n) is 15.0. The quantitative estimate of drug-likeness (QED) is 0.558. The van der Waals surface area contributed by atoms with E-state index in [0.717, 1.165) is 28.2 Å². The lowest BCUT2D eigenvalue weighted by atomic mass is 9.85. The molecule has 0 spiro atoms. The lowest BCUT2D eigenvalue weighted by Crippen LogP contribution is -2.09. The number of carbonyl (C=O) groups excluding carboxylic acids is 1. The maximum atomic E-state index is 12.8. The fourth-order valence-corrected chi connectivity index (χ4v) is 3.05. The monoisotopic (exact) mass is 346 g/mol. The molecule has 0 N–H and O–H groups in total. The highest BCUT2D eigenvalue weighted by atomic mass is 16.5. The summed E-state index contributed by atoms with van der Waals surface area (Å²) in [5, 5.41) is 0. The highest BCUT2D eigenvalue weighted by molar-refractivity contribution is 5.96. The number of carbonyl (C=O) groups is 1. The highest BCUT2D eigenvalue weighted by Gasteiger charge is 2.20. The summed E-state index contributed by atoms with van der Waals surface area (Å²) in [6.45, 7) is 0. The van der Waals surface area contributed by atoms with E-state index in [1.165, 1.54) is 0 Å². The molecule has 0 aliphatic rings. The number of methoxy groups -OCH3 is 2. The molecule has 132 valence electrons. The van der Waals surface area contributed by atoms with E-state index < -0.39 is 0 Å². The van der Waals surface area contributed by atoms with Gasteiger partial charge in [-0.05, 0) is 35.4 Å². The summed E-state index contributed by atoms with van der Waals surface area (Å²) in [6, 6.07) is 25.2. The number of hydrogen-bond acceptors (Lipinski definition) is 3. The van der Waals surface area contributed by atoms with Crippen molar-refractivity contribution in [3.8, 4) is 11.5 Å². The van der Waals surface area contributed by atoms with E-state index in [1.807, 2.05) is 78.9 Å². The van der Waals surface area contributed by atoms with Gasteiger partial charge in [0.1, 0.15) is 11.5 Å². The Labute approximate surface area is 154 Å². The van der Waals surface area contributed by atoms with E-state index in [1.54, 1.807) is 14.2 Å². The maximum Gasteiger partial charge on any atom is 0.163 e. The Morgan fingerprint density at radius 2 is 1.46 bits per heavy atom. The van der Waals surface area contributed by atoms with Gasteiger partial charge >= 0.3 is 0 Å². The van der Waals surface area contributed by atoms with Gasteiger partial charge in [-0.3, -0.25) is 4.79 Å². The minimum Gasteiger partial charge on any atom is -0.497 e. The minimum atomic E-state index is -0.0521. The molecule has 0 fully saturated rings. The summed E-state index contributed by atoms with van der Waals surface area (Å²) in [5.74, 6) is 1.65. The Kier molecular flexibility index (Phi) is 5.69. The number of hydrogen-bond donors (Lipinski definition) is 0. The van der Waals surface area contributed by atoms with Crippen molar-refractivity contribution in [3.05, 3.63) is 95.6 Å². The van der Waals surface area contributed by atoms with Crippen LogP contribution in [-0.4, -0.2) is 20.0 Å². The van der Waals surface area contributed by atoms with Gasteiger partial charge in [0.25, 0.3) is 0 Å². The van der Waals surface area contributed by atoms with Gasteiger partial charge in [0.05, 0.1) is 14.2 Å². The molecule has 0 radical (unpaired) electrons. The third-order valence-corrected chi connectivity index (χ3v) is 4.50. The summed E-state index contributed by atoms with van der Waals surface area (Å²) in [7, 11) is 3.30. The Hall–Kier alpha value is -3.07. The molecular formula is C23H22O3. The smallest absolute Gasteiger partial charge is 0.163 e. The first-order valence-corrected chi connectivity index (χ1v) is 8.57. The van der Waals surface area contributed by atoms with E-state index in [4.69, 9.17) is 9.47 Å². The number of Topliss-reactive ketones (excluding diaryl/α,β-unsaturated/α-hetero) is 1. The van der Waals surface area contributed by atoms with Gasteiger partial charge in [-0.1, -0.05) is 54.6 Å². The van der Waals surface area contributed by atoms with Gasteiger partial charge < -0.3 is 9.47 Å². The summed E-state index contributed by atoms with van der Waals surface area (Å²) in [4.78, 5) is 12.8. The molecule has 3 aromatic carbocycles. The fourth-order valence-electron chi connectivity index (χ4n) is 3.05. The van der Waals surface area contributed by atoms with Crippen molar-refractivity contribution in [2.24, 2.45) is 0 Å². The van der Waals surface area contributed by atoms with Crippen LogP contribution in [0.5, 0.6) is 11.5 Å². The van der Waals surface area contributed by atoms with E-state index in [0.29, 0.717) is 6.42 Å². The largest absolute Gasteiger partial charge is 0.497 e. The third kappa shape index (κ3) is 4.12. The minimum absolute atomic E-state index is 0.0521. The SMILES string of the molecule is COc1ccc([C@H](CC(=O)c2ccccc2)c2cccc(OC)c2)cc1. The first-order valence-electron chi connectivity index (χ1n) is 8.57. The molecule has 1 atom stereocenters. The standard InChI is InChI=1S/C23H22O3/c1-25-20-13-11-17(12-14-20)22(19-9-6-10-21(15-19)26-2)16-23(24)18-7-4-3-5-8-18/h3-15,22H,16H2,1-2H3/t22-/m0/s1. The van der Waals surface area contributed by atoms with Gasteiger partial charge in [0, 0.05) is 17.9 Å². The molecule has 0 amide bonds. The van der Waals surface area contributed by atoms with Crippen LogP contribution in [0.4, 0.5) is 0 Å². The molecule has 0 heterocycles. The van der Waals surface area contributed by atoms with Crippen LogP contribution < -0.4 is 9.47 Å². The van der Waals surface area contributed by atoms with Crippen molar-refractivity contribution in [2.75, 3.05) is 14.2 Å². The third-order valence-electron chi connectivity index (χ3n) is 4.50. The second kappa shape index (κ2) is 8.34. The number of benzene rings is 3. The van der Waals surface area contributed by atoms with Crippen LogP contribution in [0.1, 0.15) is 33.8 Å². The summed E-state index contributed by atoms with van der Waals surface area (Å²) < 4.78 is 10.6. The van der Waals surface area contributed by atoms with Crippen LogP contribution in [-0.2, 0) is 0 Å². The molecule has 3 rings (SSSR count). The predicted octanol–water partition coefficient (Wildman–Crippen LogP) is 5.11. The Morgan fingerprint density at radius 3 is 2.12 bits per heavy atom. The van der Waals surface area contributed by atoms with E-state index in [9.17, 15) is 4.79 Å². The zero-order valence-corrected chi connectivity index (χ0v) is 15.0. The average molecular weight is 346 g/mol. The summed E-state index contributed by atoms with van der Waals surface area (Å²) in [5.41, 5.74) is 2.86. The Morgan fingerprint density at radius 1 is 0.769 bits per heavy atom. The first-order chi connectivity index (χ1) is 12.7. The molecule has 0 aromatic heterocycles. The summed E-state index contributed by atoms with van der Waals surface area (Å²) >= 11 is 0. The first kappa shape index (κ1) is 17.7. The van der Waals surface area contributed by atoms with Gasteiger partial charge in [-0.15, -0.1) is 0 Å². The van der Waals surface area contributed by atoms with Crippen molar-refractivity contribution < 1.29 is 14.3 Å². The lowest BCUT2D eigenvalue weighted by molar-refractivity contribution is 0.0977. The zero-order chi connectivity index (χ0) is 18.4. The maximum absolute atomic E-state index is 12.8. The van der Waals surface area contributed by atoms with Gasteiger partial charge in [0.2, 0.25) is 0 Å². The molecule has 0 bridgehead atoms. The number of ketones is 1. The topological polar surface area (TPSA) is 35.5 Å². The number of ether oxygens (including phenoxy) is 2. The van der Waals surface area contributed by atoms with E-state index in [-0.39, 0.29) is 11.7 Å². The molecule has 0 saturated heterocycles. The molecule has 3 heteroatoms. The molecule has 3 nitrogen and oxygen atoms in total. The predicted molar refractivity (Wildman–Crippen MR) is 103 cm³/mol. The van der Waals surface area contributed by atoms with Gasteiger partial charge in [-0.2, -0.15) is 0 Å². The Bertz CT molecular complexity index is 854. The fraction of sp³-hybridized carbons (Fsp3) is 0.174. The van der Waals surface area contributed by atoms with Crippen molar-refractivity contribution in [2.45, 2.75) is 12.3 Å². The summed E-state index contributed by atoms with van der Waals surface area (Å²) in [6.07, 6.45) is 0.392. The Balaban J connectivity index is 1.96. The van der Waals surface area contributed by atoms with Crippen LogP contribution in [0.3, 0.4) is 0 Å². The lowest BCUT2D eigenvalue weighted by Gasteiger charge is -2.19. The van der Waals surface area contributed by atoms with Crippen LogP contribution in [0.2, 0.25) is 0 Å². The molecule has 0 aliphatic carbocycles. The molecule has 26 heavy (non-hydrogen) atoms. The van der Waals surface area contributed by atoms with Crippen LogP contribution in [0, 0.1) is 0 Å². The van der Waals surface area contributed by atoms with E-state index >= 15 is 0 Å². The molecule has 3 aromatic rings. The average Bonchev–Trinajstić information content (AvgIpc) is 2.72. The van der Waals surface area contributed by atoms with Crippen molar-refractivity contribution in [1.29, 1.82) is 0 Å². The molecule has 0 saturated carbocycles. The number of rotatable bonds is 7. The second-order valence-corrected chi connectivity index (χ2v) is 6.10. The van der Waals surface area contributed by atoms with Gasteiger partial charge in [-0.25, -0.2) is 0 Å². The van der Waals surface area contributed by atoms with Crippen LogP contribution in [0.15, 0.2) is 78.9 Å². The highest BCUT2D eigenvalue weighted by Crippen LogP contribution is 2.32. The van der Waals surface area contributed by atoms with Crippen molar-refractivity contribution in [3.63, 3.8) is 0 Å². The van der Waals surface area contributed by atoms with Gasteiger partial charge in [0.15, 0.2) is 5.78 Å². The molecule has 0 aliphatic heterocycles. The molecule has 0 unspecified atom stereocenters. The second-order valence-electron chi connectivity index (χ2n) is 6.10.